The Labute approximate surface area is 232 Å². The molecule has 0 atom stereocenters. The molecular formula is C26H38N4O7S2. The number of anilines is 2. The van der Waals surface area contributed by atoms with Crippen LogP contribution in [-0.2, 0) is 19.5 Å². The van der Waals surface area contributed by atoms with Gasteiger partial charge >= 0.3 is 0 Å². The van der Waals surface area contributed by atoms with Gasteiger partial charge in [0.1, 0.15) is 5.75 Å². The second-order valence-electron chi connectivity index (χ2n) is 10.4. The van der Waals surface area contributed by atoms with Crippen LogP contribution in [0.3, 0.4) is 0 Å². The predicted octanol–water partition coefficient (Wildman–Crippen LogP) is 2.99. The molecule has 39 heavy (non-hydrogen) atoms. The Balaban J connectivity index is 1.43. The summed E-state index contributed by atoms with van der Waals surface area (Å²) >= 11 is 0. The van der Waals surface area contributed by atoms with E-state index in [-0.39, 0.29) is 17.4 Å². The van der Waals surface area contributed by atoms with Crippen LogP contribution in [0.25, 0.3) is 0 Å². The molecule has 13 heteroatoms. The predicted molar refractivity (Wildman–Crippen MR) is 155 cm³/mol. The number of nitro benzene ring substituents is 1. The first-order chi connectivity index (χ1) is 18.5. The molecule has 4 rings (SSSR count). The highest BCUT2D eigenvalue weighted by atomic mass is 32.3. The van der Waals surface area contributed by atoms with Crippen molar-refractivity contribution in [2.45, 2.75) is 4.90 Å². The van der Waals surface area contributed by atoms with E-state index in [2.05, 4.69) is 28.6 Å². The third-order valence-corrected chi connectivity index (χ3v) is 10.0. The van der Waals surface area contributed by atoms with Gasteiger partial charge in [0.2, 0.25) is 10.0 Å². The molecule has 11 nitrogen and oxygen atoms in total. The lowest BCUT2D eigenvalue weighted by molar-refractivity contribution is -0.384. The van der Waals surface area contributed by atoms with Gasteiger partial charge in [0, 0.05) is 63.2 Å². The molecule has 0 N–H and O–H groups in total. The van der Waals surface area contributed by atoms with Crippen LogP contribution in [0.1, 0.15) is 0 Å². The van der Waals surface area contributed by atoms with E-state index in [1.165, 1.54) is 28.6 Å². The number of benzene rings is 2. The van der Waals surface area contributed by atoms with Gasteiger partial charge in [-0.3, -0.25) is 10.1 Å². The van der Waals surface area contributed by atoms with Gasteiger partial charge in [0.15, 0.2) is 6.79 Å². The first-order valence-corrected chi connectivity index (χ1v) is 17.3. The maximum Gasteiger partial charge on any atom is 0.269 e. The van der Waals surface area contributed by atoms with E-state index in [9.17, 15) is 18.5 Å². The Morgan fingerprint density at radius 3 is 2.15 bits per heavy atom. The highest BCUT2D eigenvalue weighted by Gasteiger charge is 2.30. The van der Waals surface area contributed by atoms with Crippen molar-refractivity contribution < 1.29 is 27.6 Å². The molecule has 0 radical (unpaired) electrons. The summed E-state index contributed by atoms with van der Waals surface area (Å²) in [5.74, 6) is 1.75. The number of hydrogen-bond donors (Lipinski definition) is 0. The Kier molecular flexibility index (Phi) is 9.60. The average Bonchev–Trinajstić information content (AvgIpc) is 2.93. The van der Waals surface area contributed by atoms with Crippen LogP contribution in [0.4, 0.5) is 17.1 Å². The first-order valence-electron chi connectivity index (χ1n) is 12.9. The Hall–Kier alpha value is -2.58. The SMILES string of the molecule is CS(C)(C)CCOCOc1ccc(N2CCN(S(=O)(=O)c3ccc([N+](=O)[O-])cc3)CC2)c(N2CCOCC2)c1. The van der Waals surface area contributed by atoms with E-state index in [0.29, 0.717) is 46.0 Å². The molecule has 2 saturated heterocycles. The summed E-state index contributed by atoms with van der Waals surface area (Å²) in [5, 5.41) is 10.9. The standard InChI is InChI=1S/C26H38N4O7S2/c1-38(2,3)19-18-36-21-37-23-6-9-25(26(20-23)28-14-16-35-17-15-28)27-10-12-29(13-11-27)39(33,34)24-7-4-22(5-8-24)30(31)32/h4-9,20H,10-19,21H2,1-3H3. The van der Waals surface area contributed by atoms with Crippen LogP contribution in [0.15, 0.2) is 47.4 Å². The van der Waals surface area contributed by atoms with Gasteiger partial charge in [-0.15, -0.1) is 0 Å². The number of sulfonamides is 1. The maximum atomic E-state index is 13.2. The lowest BCUT2D eigenvalue weighted by Crippen LogP contribution is -2.49. The van der Waals surface area contributed by atoms with Crippen molar-refractivity contribution >= 4 is 37.1 Å². The van der Waals surface area contributed by atoms with Crippen molar-refractivity contribution in [3.63, 3.8) is 0 Å². The van der Waals surface area contributed by atoms with E-state index in [4.69, 9.17) is 14.2 Å². The summed E-state index contributed by atoms with van der Waals surface area (Å²) in [5.41, 5.74) is 1.91. The molecule has 2 fully saturated rings. The maximum absolute atomic E-state index is 13.2. The number of ether oxygens (including phenoxy) is 3. The fraction of sp³-hybridized carbons (Fsp3) is 0.538. The molecule has 0 unspecified atom stereocenters. The molecule has 2 heterocycles. The molecule has 2 aromatic carbocycles. The largest absolute Gasteiger partial charge is 0.467 e. The first kappa shape index (κ1) is 29.4. The molecule has 0 aromatic heterocycles. The normalized spacial score (nSPS) is 17.7. The van der Waals surface area contributed by atoms with Gasteiger partial charge in [-0.25, -0.2) is 18.4 Å². The van der Waals surface area contributed by atoms with E-state index >= 15 is 0 Å². The molecule has 0 spiro atoms. The fourth-order valence-electron chi connectivity index (χ4n) is 4.45. The molecule has 0 bridgehead atoms. The zero-order valence-electron chi connectivity index (χ0n) is 22.8. The topological polar surface area (TPSA) is 115 Å². The van der Waals surface area contributed by atoms with Crippen molar-refractivity contribution in [2.75, 3.05) is 100 Å². The Morgan fingerprint density at radius 2 is 1.54 bits per heavy atom. The van der Waals surface area contributed by atoms with Crippen molar-refractivity contribution in [3.8, 4) is 5.75 Å². The minimum absolute atomic E-state index is 0.0585. The fourth-order valence-corrected chi connectivity index (χ4v) is 6.49. The van der Waals surface area contributed by atoms with Crippen LogP contribution >= 0.6 is 10.0 Å². The van der Waals surface area contributed by atoms with Gasteiger partial charge in [-0.05, 0) is 43.0 Å². The van der Waals surface area contributed by atoms with E-state index < -0.39 is 25.0 Å². The van der Waals surface area contributed by atoms with Crippen LogP contribution in [-0.4, -0.2) is 108 Å². The van der Waals surface area contributed by atoms with Gasteiger partial charge in [-0.1, -0.05) is 0 Å². The summed E-state index contributed by atoms with van der Waals surface area (Å²) in [4.78, 5) is 14.9. The van der Waals surface area contributed by atoms with Crippen molar-refractivity contribution in [1.29, 1.82) is 0 Å². The van der Waals surface area contributed by atoms with Gasteiger partial charge in [0.05, 0.1) is 41.0 Å². The quantitative estimate of drug-likeness (QED) is 0.171. The van der Waals surface area contributed by atoms with Crippen LogP contribution < -0.4 is 14.5 Å². The number of hydrogen-bond acceptors (Lipinski definition) is 9. The Morgan fingerprint density at radius 1 is 0.897 bits per heavy atom. The molecule has 0 amide bonds. The van der Waals surface area contributed by atoms with E-state index in [0.717, 1.165) is 36.0 Å². The molecule has 2 aliphatic rings. The summed E-state index contributed by atoms with van der Waals surface area (Å²) in [6.45, 7) is 5.31. The zero-order chi connectivity index (χ0) is 28.0. The highest BCUT2D eigenvalue weighted by molar-refractivity contribution is 8.32. The van der Waals surface area contributed by atoms with Crippen LogP contribution in [0, 0.1) is 10.1 Å². The van der Waals surface area contributed by atoms with Crippen molar-refractivity contribution in [1.82, 2.24) is 4.31 Å². The van der Waals surface area contributed by atoms with E-state index in [1.807, 2.05) is 18.2 Å². The minimum Gasteiger partial charge on any atom is -0.467 e. The van der Waals surface area contributed by atoms with E-state index in [1.54, 1.807) is 0 Å². The summed E-state index contributed by atoms with van der Waals surface area (Å²) in [6.07, 6.45) is 6.78. The zero-order valence-corrected chi connectivity index (χ0v) is 24.4. The molecule has 0 saturated carbocycles. The second-order valence-corrected chi connectivity index (χ2v) is 16.9. The summed E-state index contributed by atoms with van der Waals surface area (Å²) < 4.78 is 44.9. The number of nitrogens with zero attached hydrogens (tertiary/aromatic N) is 4. The Bertz CT molecular complexity index is 1220. The van der Waals surface area contributed by atoms with Crippen molar-refractivity contribution in [3.05, 3.63) is 52.6 Å². The molecule has 2 aliphatic heterocycles. The monoisotopic (exact) mass is 582 g/mol. The number of non-ortho nitro benzene ring substituents is 1. The number of morpholine rings is 1. The van der Waals surface area contributed by atoms with Gasteiger partial charge in [-0.2, -0.15) is 4.31 Å². The second kappa shape index (κ2) is 12.7. The highest BCUT2D eigenvalue weighted by Crippen LogP contribution is 2.36. The third-order valence-electron chi connectivity index (χ3n) is 6.71. The number of nitro groups is 1. The summed E-state index contributed by atoms with van der Waals surface area (Å²) in [6, 6.07) is 11.0. The molecule has 2 aromatic rings. The molecular weight excluding hydrogens is 544 g/mol. The average molecular weight is 583 g/mol. The minimum atomic E-state index is -3.75. The molecule has 216 valence electrons. The van der Waals surface area contributed by atoms with Crippen molar-refractivity contribution in [2.24, 2.45) is 0 Å². The molecule has 0 aliphatic carbocycles. The smallest absolute Gasteiger partial charge is 0.269 e. The van der Waals surface area contributed by atoms with Gasteiger partial charge < -0.3 is 24.0 Å². The van der Waals surface area contributed by atoms with Gasteiger partial charge in [0.25, 0.3) is 5.69 Å². The summed E-state index contributed by atoms with van der Waals surface area (Å²) in [7, 11) is -4.36. The number of rotatable bonds is 11. The third kappa shape index (κ3) is 7.76. The lowest BCUT2D eigenvalue weighted by Gasteiger charge is -2.39. The number of piperazine rings is 1. The van der Waals surface area contributed by atoms with Crippen LogP contribution in [0.2, 0.25) is 0 Å². The lowest BCUT2D eigenvalue weighted by atomic mass is 10.2. The van der Waals surface area contributed by atoms with Crippen LogP contribution in [0.5, 0.6) is 5.75 Å².